The minimum absolute atomic E-state index is 0.0315. The highest BCUT2D eigenvalue weighted by atomic mass is 16.4. The molecule has 0 saturated heterocycles. The Bertz CT molecular complexity index is 763. The molecule has 7 nitrogen and oxygen atoms in total. The highest BCUT2D eigenvalue weighted by Gasteiger charge is 2.33. The van der Waals surface area contributed by atoms with Crippen LogP contribution in [0.5, 0.6) is 0 Å². The van der Waals surface area contributed by atoms with Gasteiger partial charge < -0.3 is 10.8 Å². The summed E-state index contributed by atoms with van der Waals surface area (Å²) in [6.07, 6.45) is 0.0315. The maximum Gasteiger partial charge on any atom is 0.328 e. The lowest BCUT2D eigenvalue weighted by Gasteiger charge is -2.30. The Hall–Kier alpha value is -3.19. The van der Waals surface area contributed by atoms with E-state index in [1.807, 2.05) is 0 Å². The topological polar surface area (TPSA) is 113 Å². The van der Waals surface area contributed by atoms with Crippen molar-refractivity contribution in [2.24, 2.45) is 5.73 Å². The number of aliphatic carboxylic acids is 1. The van der Waals surface area contributed by atoms with Crippen molar-refractivity contribution in [3.05, 3.63) is 71.8 Å². The second kappa shape index (κ2) is 8.77. The zero-order valence-corrected chi connectivity index (χ0v) is 14.3. The average Bonchev–Trinajstić information content (AvgIpc) is 2.65. The van der Waals surface area contributed by atoms with Crippen LogP contribution in [-0.2, 0) is 16.0 Å². The first-order chi connectivity index (χ1) is 12.4. The number of nitrogens with zero attached hydrogens (tertiary/aromatic N) is 1. The van der Waals surface area contributed by atoms with Crippen LogP contribution in [0, 0.1) is 0 Å². The zero-order valence-electron chi connectivity index (χ0n) is 14.3. The normalized spacial score (nSPS) is 12.7. The maximum atomic E-state index is 12.5. The third-order valence-electron chi connectivity index (χ3n) is 3.75. The quantitative estimate of drug-likeness (QED) is 0.674. The molecule has 0 spiro atoms. The Kier molecular flexibility index (Phi) is 6.46. The maximum absolute atomic E-state index is 12.5. The summed E-state index contributed by atoms with van der Waals surface area (Å²) in [6, 6.07) is 14.8. The molecule has 2 aromatic rings. The first kappa shape index (κ1) is 19.1. The van der Waals surface area contributed by atoms with Gasteiger partial charge in [-0.3, -0.25) is 15.0 Å². The third kappa shape index (κ3) is 4.90. The van der Waals surface area contributed by atoms with Crippen molar-refractivity contribution in [2.45, 2.75) is 25.4 Å². The van der Waals surface area contributed by atoms with E-state index in [-0.39, 0.29) is 6.42 Å². The summed E-state index contributed by atoms with van der Waals surface area (Å²) in [4.78, 5) is 36.7. The summed E-state index contributed by atoms with van der Waals surface area (Å²) in [5.74, 6) is -2.51. The second-order valence-corrected chi connectivity index (χ2v) is 5.85. The number of nitrogens with one attached hydrogen (secondary N) is 1. The molecule has 2 amide bonds. The van der Waals surface area contributed by atoms with E-state index in [1.54, 1.807) is 60.7 Å². The van der Waals surface area contributed by atoms with Crippen LogP contribution in [0.3, 0.4) is 0 Å². The van der Waals surface area contributed by atoms with E-state index in [2.05, 4.69) is 5.43 Å². The van der Waals surface area contributed by atoms with Crippen molar-refractivity contribution in [3.63, 3.8) is 0 Å². The molecule has 0 aliphatic rings. The summed E-state index contributed by atoms with van der Waals surface area (Å²) < 4.78 is 0. The summed E-state index contributed by atoms with van der Waals surface area (Å²) in [7, 11) is 0. The van der Waals surface area contributed by atoms with Crippen molar-refractivity contribution >= 4 is 17.8 Å². The molecule has 0 fully saturated rings. The largest absolute Gasteiger partial charge is 0.480 e. The van der Waals surface area contributed by atoms with E-state index in [0.29, 0.717) is 5.56 Å². The van der Waals surface area contributed by atoms with Gasteiger partial charge in [-0.05, 0) is 24.6 Å². The predicted molar refractivity (Wildman–Crippen MR) is 96.0 cm³/mol. The van der Waals surface area contributed by atoms with Gasteiger partial charge in [0.2, 0.25) is 0 Å². The van der Waals surface area contributed by atoms with Crippen LogP contribution < -0.4 is 11.2 Å². The standard InChI is InChI=1S/C19H21N3O4/c1-13(20)18(24)22(21-17(23)15-10-6-3-7-11-15)16(19(25)26)12-14-8-4-2-5-9-14/h2-11,13,16H,12,20H2,1H3,(H,21,23)(H,25,26)/t13-,16-/m0/s1. The lowest BCUT2D eigenvalue weighted by Crippen LogP contribution is -2.59. The molecule has 0 aliphatic carbocycles. The second-order valence-electron chi connectivity index (χ2n) is 5.85. The van der Waals surface area contributed by atoms with Crippen molar-refractivity contribution in [1.82, 2.24) is 10.4 Å². The van der Waals surface area contributed by atoms with E-state index in [4.69, 9.17) is 5.73 Å². The first-order valence-corrected chi connectivity index (χ1v) is 8.11. The molecular weight excluding hydrogens is 334 g/mol. The number of carbonyl (C=O) groups excluding carboxylic acids is 2. The van der Waals surface area contributed by atoms with Crippen LogP contribution in [0.15, 0.2) is 60.7 Å². The number of rotatable bonds is 6. The third-order valence-corrected chi connectivity index (χ3v) is 3.75. The monoisotopic (exact) mass is 355 g/mol. The fourth-order valence-corrected chi connectivity index (χ4v) is 2.40. The van der Waals surface area contributed by atoms with Crippen LogP contribution in [-0.4, -0.2) is 40.0 Å². The number of hydrogen-bond acceptors (Lipinski definition) is 4. The molecule has 0 heterocycles. The summed E-state index contributed by atoms with van der Waals surface area (Å²) >= 11 is 0. The summed E-state index contributed by atoms with van der Waals surface area (Å²) in [6.45, 7) is 1.44. The van der Waals surface area contributed by atoms with E-state index in [1.165, 1.54) is 6.92 Å². The number of carboxylic acids is 1. The molecule has 0 aromatic heterocycles. The van der Waals surface area contributed by atoms with Gasteiger partial charge in [-0.25, -0.2) is 9.80 Å². The smallest absolute Gasteiger partial charge is 0.328 e. The van der Waals surface area contributed by atoms with Crippen LogP contribution >= 0.6 is 0 Å². The number of carbonyl (C=O) groups is 3. The molecule has 7 heteroatoms. The molecule has 0 saturated carbocycles. The molecular formula is C19H21N3O4. The zero-order chi connectivity index (χ0) is 19.1. The predicted octanol–water partition coefficient (Wildman–Crippen LogP) is 1.20. The van der Waals surface area contributed by atoms with Crippen LogP contribution in [0.25, 0.3) is 0 Å². The molecule has 2 atom stereocenters. The molecule has 4 N–H and O–H groups in total. The van der Waals surface area contributed by atoms with Gasteiger partial charge in [-0.15, -0.1) is 0 Å². The molecule has 0 bridgehead atoms. The average molecular weight is 355 g/mol. The SMILES string of the molecule is C[C@H](N)C(=O)N(NC(=O)c1ccccc1)[C@@H](Cc1ccccc1)C(=O)O. The van der Waals surface area contributed by atoms with Gasteiger partial charge in [0, 0.05) is 12.0 Å². The van der Waals surface area contributed by atoms with Gasteiger partial charge in [-0.1, -0.05) is 48.5 Å². The van der Waals surface area contributed by atoms with Crippen LogP contribution in [0.4, 0.5) is 0 Å². The molecule has 2 aromatic carbocycles. The molecule has 0 aliphatic heterocycles. The van der Waals surface area contributed by atoms with E-state index < -0.39 is 29.9 Å². The fourth-order valence-electron chi connectivity index (χ4n) is 2.40. The lowest BCUT2D eigenvalue weighted by molar-refractivity contribution is -0.152. The first-order valence-electron chi connectivity index (χ1n) is 8.11. The number of hydrazine groups is 1. The minimum atomic E-state index is -1.29. The number of amides is 2. The highest BCUT2D eigenvalue weighted by Crippen LogP contribution is 2.10. The van der Waals surface area contributed by atoms with Crippen molar-refractivity contribution in [1.29, 1.82) is 0 Å². The fraction of sp³-hybridized carbons (Fsp3) is 0.211. The van der Waals surface area contributed by atoms with E-state index in [9.17, 15) is 19.5 Å². The Morgan fingerprint density at radius 3 is 2.08 bits per heavy atom. The van der Waals surface area contributed by atoms with Crippen molar-refractivity contribution in [3.8, 4) is 0 Å². The molecule has 136 valence electrons. The Balaban J connectivity index is 2.30. The Morgan fingerprint density at radius 2 is 1.58 bits per heavy atom. The Labute approximate surface area is 151 Å². The highest BCUT2D eigenvalue weighted by molar-refractivity contribution is 5.96. The minimum Gasteiger partial charge on any atom is -0.480 e. The molecule has 0 radical (unpaired) electrons. The van der Waals surface area contributed by atoms with Crippen molar-refractivity contribution in [2.75, 3.05) is 0 Å². The molecule has 26 heavy (non-hydrogen) atoms. The van der Waals surface area contributed by atoms with Gasteiger partial charge in [0.25, 0.3) is 11.8 Å². The van der Waals surface area contributed by atoms with Gasteiger partial charge in [0.05, 0.1) is 6.04 Å². The number of carboxylic acid groups (broad SMARTS) is 1. The lowest BCUT2D eigenvalue weighted by atomic mass is 10.0. The Morgan fingerprint density at radius 1 is 1.04 bits per heavy atom. The van der Waals surface area contributed by atoms with Gasteiger partial charge >= 0.3 is 5.97 Å². The number of benzene rings is 2. The van der Waals surface area contributed by atoms with E-state index >= 15 is 0 Å². The molecule has 0 unspecified atom stereocenters. The van der Waals surface area contributed by atoms with Crippen molar-refractivity contribution < 1.29 is 19.5 Å². The molecule has 2 rings (SSSR count). The summed E-state index contributed by atoms with van der Waals surface area (Å²) in [5.41, 5.74) is 9.07. The van der Waals surface area contributed by atoms with Crippen LogP contribution in [0.1, 0.15) is 22.8 Å². The van der Waals surface area contributed by atoms with Gasteiger partial charge in [0.1, 0.15) is 0 Å². The van der Waals surface area contributed by atoms with Gasteiger partial charge in [0.15, 0.2) is 6.04 Å². The number of hydrogen-bond donors (Lipinski definition) is 3. The van der Waals surface area contributed by atoms with E-state index in [0.717, 1.165) is 10.6 Å². The number of nitrogens with two attached hydrogens (primary N) is 1. The van der Waals surface area contributed by atoms with Crippen LogP contribution in [0.2, 0.25) is 0 Å². The van der Waals surface area contributed by atoms with Gasteiger partial charge in [-0.2, -0.15) is 0 Å². The summed E-state index contributed by atoms with van der Waals surface area (Å²) in [5, 5.41) is 10.4.